The second-order valence-electron chi connectivity index (χ2n) is 15.2. The number of benzene rings is 6. The third-order valence-electron chi connectivity index (χ3n) is 11.2. The van der Waals surface area contributed by atoms with Crippen molar-refractivity contribution in [3.05, 3.63) is 192 Å². The molecule has 6 aromatic carbocycles. The molecule has 0 saturated heterocycles. The van der Waals surface area contributed by atoms with Gasteiger partial charge in [-0.3, -0.25) is 0 Å². The van der Waals surface area contributed by atoms with Crippen molar-refractivity contribution in [3.8, 4) is 65.6 Å². The van der Waals surface area contributed by atoms with Gasteiger partial charge in [0, 0.05) is 0 Å². The molecule has 0 aliphatic rings. The zero-order valence-electron chi connectivity index (χ0n) is 33.3. The number of hydrogen-bond acceptors (Lipinski definition) is 4. The molecule has 4 heterocycles. The second-order valence-corrected chi connectivity index (χ2v) is 20.7. The summed E-state index contributed by atoms with van der Waals surface area (Å²) >= 11 is 2.84. The van der Waals surface area contributed by atoms with Gasteiger partial charge in [-0.25, -0.2) is 0 Å². The van der Waals surface area contributed by atoms with E-state index in [-0.39, 0.29) is 0 Å². The number of hydrogen-bond donors (Lipinski definition) is 0. The molecule has 0 radical (unpaired) electrons. The van der Waals surface area contributed by atoms with Crippen molar-refractivity contribution in [1.29, 1.82) is 0 Å². The van der Waals surface area contributed by atoms with Crippen molar-refractivity contribution >= 4 is 71.0 Å². The van der Waals surface area contributed by atoms with Crippen molar-refractivity contribution in [2.75, 3.05) is 0 Å². The molecule has 0 unspecified atom stereocenters. The first-order chi connectivity index (χ1) is 28.9. The molecule has 0 bridgehead atoms. The molecule has 2 nitrogen and oxygen atoms in total. The molecular weight excluding hydrogens is 868 g/mol. The summed E-state index contributed by atoms with van der Waals surface area (Å²) in [4.78, 5) is 12.8. The summed E-state index contributed by atoms with van der Waals surface area (Å²) < 4.78 is 5.25. The van der Waals surface area contributed by atoms with Crippen LogP contribution in [0.25, 0.3) is 85.8 Å². The van der Waals surface area contributed by atoms with Crippen molar-refractivity contribution in [2.24, 2.45) is 0 Å². The van der Waals surface area contributed by atoms with Crippen molar-refractivity contribution < 1.29 is 0 Å². The molecule has 59 heavy (non-hydrogen) atoms. The Morgan fingerprint density at radius 3 is 1.17 bits per heavy atom. The number of thiophene rings is 2. The maximum absolute atomic E-state index is 5.10. The number of rotatable bonds is 8. The Bertz CT molecular complexity index is 2920. The Kier molecular flexibility index (Phi) is 10.1. The van der Waals surface area contributed by atoms with Gasteiger partial charge in [0.1, 0.15) is 0 Å². The Balaban J connectivity index is 1.12. The van der Waals surface area contributed by atoms with E-state index in [1.807, 2.05) is 35.1 Å². The number of fused-ring (bicyclic) bond motifs is 2. The van der Waals surface area contributed by atoms with E-state index in [9.17, 15) is 0 Å². The monoisotopic (exact) mass is 910 g/mol. The van der Waals surface area contributed by atoms with Gasteiger partial charge in [0.2, 0.25) is 0 Å². The molecule has 0 aliphatic carbocycles. The Morgan fingerprint density at radius 1 is 0.373 bits per heavy atom. The third-order valence-corrected chi connectivity index (χ3v) is 16.1. The fraction of sp³-hybridized carbons (Fsp3) is 0.0741. The van der Waals surface area contributed by atoms with Crippen LogP contribution in [0.2, 0.25) is 0 Å². The molecule has 0 N–H and O–H groups in total. The molecule has 0 amide bonds. The first kappa shape index (κ1) is 37.6. The van der Waals surface area contributed by atoms with Crippen LogP contribution in [-0.2, 0) is 0 Å². The Morgan fingerprint density at radius 2 is 0.763 bits per heavy atom. The van der Waals surface area contributed by atoms with Gasteiger partial charge >= 0.3 is 367 Å². The molecule has 0 fully saturated rings. The van der Waals surface area contributed by atoms with E-state index < -0.39 is 20.9 Å². The predicted octanol–water partition coefficient (Wildman–Crippen LogP) is 13.8. The first-order valence-electron chi connectivity index (χ1n) is 19.9. The van der Waals surface area contributed by atoms with Gasteiger partial charge in [0.25, 0.3) is 0 Å². The number of aryl methyl sites for hydroxylation is 4. The zero-order valence-corrected chi connectivity index (χ0v) is 37.2. The normalized spacial score (nSPS) is 11.5. The van der Waals surface area contributed by atoms with E-state index in [0.717, 1.165) is 22.5 Å². The van der Waals surface area contributed by atoms with Crippen LogP contribution in [0.5, 0.6) is 0 Å². The number of pyridine rings is 2. The van der Waals surface area contributed by atoms with Gasteiger partial charge < -0.3 is 0 Å². The molecule has 284 valence electrons. The van der Waals surface area contributed by atoms with E-state index in [1.54, 1.807) is 0 Å². The van der Waals surface area contributed by atoms with Gasteiger partial charge in [0.05, 0.1) is 0 Å². The maximum atomic E-state index is 5.10. The van der Waals surface area contributed by atoms with E-state index in [4.69, 9.17) is 9.97 Å². The standard InChI is InChI=1S/C54H40N2S2Te/c1-33-13-11-14-34(2)51(33)49-31-45-47(57-49)21-23-55-53(45)41-25-39(37-17-7-5-8-18-37)27-43(29-41)59-44-28-40(38-19-9-6-10-20-38)26-42(30-44)54-46-32-50(58-48(46)22-24-56-54)52-35(3)15-12-16-36(52)4/h5-32H,1-4H3. The molecular formula is C54H40N2S2Te. The Hall–Kier alpha value is -5.67. The number of nitrogens with zero attached hydrogens (tertiary/aromatic N) is 2. The van der Waals surface area contributed by atoms with Gasteiger partial charge in [-0.05, 0) is 0 Å². The van der Waals surface area contributed by atoms with E-state index >= 15 is 0 Å². The summed E-state index contributed by atoms with van der Waals surface area (Å²) in [7, 11) is 0. The van der Waals surface area contributed by atoms with Crippen LogP contribution in [0.1, 0.15) is 22.3 Å². The molecule has 0 aliphatic heterocycles. The van der Waals surface area contributed by atoms with Crippen molar-refractivity contribution in [1.82, 2.24) is 9.97 Å². The fourth-order valence-electron chi connectivity index (χ4n) is 8.36. The number of aromatic nitrogens is 2. The predicted molar refractivity (Wildman–Crippen MR) is 256 cm³/mol. The molecule has 10 aromatic rings. The topological polar surface area (TPSA) is 25.8 Å². The van der Waals surface area contributed by atoms with Crippen LogP contribution in [0.15, 0.2) is 170 Å². The van der Waals surface area contributed by atoms with Crippen molar-refractivity contribution in [2.45, 2.75) is 27.7 Å². The first-order valence-corrected chi connectivity index (χ1v) is 23.8. The van der Waals surface area contributed by atoms with Crippen LogP contribution in [-0.4, -0.2) is 30.9 Å². The van der Waals surface area contributed by atoms with Crippen LogP contribution in [0, 0.1) is 27.7 Å². The van der Waals surface area contributed by atoms with Gasteiger partial charge in [-0.2, -0.15) is 0 Å². The van der Waals surface area contributed by atoms with Gasteiger partial charge in [-0.15, -0.1) is 0 Å². The quantitative estimate of drug-likeness (QED) is 0.142. The molecule has 5 heteroatoms. The summed E-state index contributed by atoms with van der Waals surface area (Å²) in [6, 6.07) is 58.1. The van der Waals surface area contributed by atoms with Gasteiger partial charge in [-0.1, -0.05) is 0 Å². The zero-order chi connectivity index (χ0) is 40.0. The summed E-state index contributed by atoms with van der Waals surface area (Å²) in [5.74, 6) is 0. The van der Waals surface area contributed by atoms with E-state index in [2.05, 4.69) is 185 Å². The summed E-state index contributed by atoms with van der Waals surface area (Å²) in [6.45, 7) is 8.85. The molecule has 4 aromatic heterocycles. The fourth-order valence-corrected chi connectivity index (χ4v) is 13.7. The van der Waals surface area contributed by atoms with Crippen LogP contribution in [0.4, 0.5) is 0 Å². The molecule has 10 rings (SSSR count). The average molecular weight is 909 g/mol. The SMILES string of the molecule is Cc1cccc(C)c1-c1cc2c(-c3cc([Te]c4cc(-c5ccccc5)cc(-c5nccc6sc(-c7c(C)cccc7C)cc56)c4)cc(-c4ccccc4)c3)nccc2s1. The van der Waals surface area contributed by atoms with Gasteiger partial charge in [0.15, 0.2) is 0 Å². The van der Waals surface area contributed by atoms with Crippen LogP contribution in [0.3, 0.4) is 0 Å². The summed E-state index contributed by atoms with van der Waals surface area (Å²) in [5, 5.41) is 2.41. The van der Waals surface area contributed by atoms with Crippen molar-refractivity contribution in [3.63, 3.8) is 0 Å². The Labute approximate surface area is 364 Å². The summed E-state index contributed by atoms with van der Waals surface area (Å²) in [6.07, 6.45) is 3.96. The summed E-state index contributed by atoms with van der Waals surface area (Å²) in [5.41, 5.74) is 17.1. The molecule has 0 atom stereocenters. The second kappa shape index (κ2) is 15.8. The van der Waals surface area contributed by atoms with E-state index in [0.29, 0.717) is 0 Å². The van der Waals surface area contributed by atoms with E-state index in [1.165, 1.54) is 92.8 Å². The van der Waals surface area contributed by atoms with Crippen LogP contribution < -0.4 is 7.22 Å². The average Bonchev–Trinajstić information content (AvgIpc) is 3.89. The third kappa shape index (κ3) is 7.35. The minimum absolute atomic E-state index is 0.876. The van der Waals surface area contributed by atoms with Crippen LogP contribution >= 0.6 is 22.7 Å². The molecule has 0 saturated carbocycles. The minimum atomic E-state index is -0.876. The molecule has 0 spiro atoms.